The molecule has 3 heterocycles. The number of nitrogens with one attached hydrogen (secondary N) is 1. The number of ether oxygens (including phenoxy) is 1. The number of benzene rings is 2. The maximum Gasteiger partial charge on any atom is 0.174 e. The minimum absolute atomic E-state index is 0.0781. The molecular formula is C28H28N4OS. The number of aromatic nitrogens is 2. The molecule has 1 aliphatic heterocycles. The molecule has 5 rings (SSSR count). The van der Waals surface area contributed by atoms with Crippen LogP contribution in [-0.4, -0.2) is 21.8 Å². The van der Waals surface area contributed by atoms with Crippen LogP contribution in [0.1, 0.15) is 41.7 Å². The largest absolute Gasteiger partial charge is 0.497 e. The van der Waals surface area contributed by atoms with E-state index in [9.17, 15) is 0 Å². The van der Waals surface area contributed by atoms with E-state index >= 15 is 0 Å². The van der Waals surface area contributed by atoms with Crippen molar-refractivity contribution in [2.24, 2.45) is 0 Å². The number of nitrogens with zero attached hydrogens (tertiary/aromatic N) is 3. The molecule has 0 amide bonds. The highest BCUT2D eigenvalue weighted by atomic mass is 32.1. The van der Waals surface area contributed by atoms with Crippen molar-refractivity contribution in [2.45, 2.75) is 32.4 Å². The molecule has 1 aliphatic rings. The molecule has 2 unspecified atom stereocenters. The summed E-state index contributed by atoms with van der Waals surface area (Å²) in [5.41, 5.74) is 6.71. The first-order chi connectivity index (χ1) is 16.6. The van der Waals surface area contributed by atoms with Gasteiger partial charge in [0.25, 0.3) is 0 Å². The highest BCUT2D eigenvalue weighted by molar-refractivity contribution is 7.80. The van der Waals surface area contributed by atoms with Crippen molar-refractivity contribution in [1.82, 2.24) is 14.9 Å². The van der Waals surface area contributed by atoms with Gasteiger partial charge in [-0.25, -0.2) is 0 Å². The molecule has 1 N–H and O–H groups in total. The van der Waals surface area contributed by atoms with Crippen molar-refractivity contribution in [3.8, 4) is 11.4 Å². The van der Waals surface area contributed by atoms with Crippen molar-refractivity contribution < 1.29 is 4.74 Å². The molecule has 0 radical (unpaired) electrons. The van der Waals surface area contributed by atoms with E-state index in [2.05, 4.69) is 88.2 Å². The highest BCUT2D eigenvalue weighted by Gasteiger charge is 2.42. The van der Waals surface area contributed by atoms with E-state index in [0.717, 1.165) is 40.6 Å². The summed E-state index contributed by atoms with van der Waals surface area (Å²) in [6, 6.07) is 27.1. The molecule has 4 aromatic rings. The van der Waals surface area contributed by atoms with E-state index < -0.39 is 0 Å². The second-order valence-corrected chi connectivity index (χ2v) is 8.84. The minimum Gasteiger partial charge on any atom is -0.497 e. The van der Waals surface area contributed by atoms with Crippen LogP contribution in [0.5, 0.6) is 5.75 Å². The van der Waals surface area contributed by atoms with Crippen molar-refractivity contribution in [1.29, 1.82) is 0 Å². The average molecular weight is 469 g/mol. The maximum absolute atomic E-state index is 5.90. The number of aryl methyl sites for hydroxylation is 2. The first-order valence-corrected chi connectivity index (χ1v) is 11.9. The van der Waals surface area contributed by atoms with Crippen LogP contribution in [0, 0.1) is 6.92 Å². The van der Waals surface area contributed by atoms with Gasteiger partial charge in [-0.2, -0.15) is 0 Å². The Morgan fingerprint density at radius 1 is 0.941 bits per heavy atom. The molecule has 0 spiro atoms. The molecule has 2 aromatic heterocycles. The third-order valence-electron chi connectivity index (χ3n) is 6.46. The molecule has 2 aromatic carbocycles. The third-order valence-corrected chi connectivity index (χ3v) is 6.78. The molecule has 0 saturated carbocycles. The molecule has 5 nitrogen and oxygen atoms in total. The summed E-state index contributed by atoms with van der Waals surface area (Å²) in [7, 11) is 1.69. The smallest absolute Gasteiger partial charge is 0.174 e. The molecule has 1 saturated heterocycles. The lowest BCUT2D eigenvalue weighted by atomic mass is 10.0. The summed E-state index contributed by atoms with van der Waals surface area (Å²) in [5.74, 6) is 0.836. The predicted octanol–water partition coefficient (Wildman–Crippen LogP) is 5.93. The Kier molecular flexibility index (Phi) is 6.07. The Hall–Kier alpha value is -3.64. The standard InChI is InChI=1S/C28H28N4OS/c1-4-20-9-11-22(12-10-20)32-27(26(30-28(32)34)24-7-5-6-18-29-24)25-17-8-19(2)31(25)21-13-15-23(33-3)16-14-21/h5-18,26-27H,4H2,1-3H3,(H,30,34). The summed E-state index contributed by atoms with van der Waals surface area (Å²) < 4.78 is 7.67. The van der Waals surface area contributed by atoms with Gasteiger partial charge in [-0.1, -0.05) is 25.1 Å². The van der Waals surface area contributed by atoms with E-state index in [4.69, 9.17) is 17.0 Å². The average Bonchev–Trinajstić information content (AvgIpc) is 3.44. The number of hydrogen-bond acceptors (Lipinski definition) is 3. The summed E-state index contributed by atoms with van der Waals surface area (Å²) in [5, 5.41) is 4.26. The molecule has 2 atom stereocenters. The minimum atomic E-state index is -0.0918. The zero-order chi connectivity index (χ0) is 23.7. The van der Waals surface area contributed by atoms with Crippen LogP contribution in [0.4, 0.5) is 5.69 Å². The Balaban J connectivity index is 1.66. The number of pyridine rings is 1. The summed E-state index contributed by atoms with van der Waals surface area (Å²) >= 11 is 5.90. The van der Waals surface area contributed by atoms with Crippen LogP contribution in [0.3, 0.4) is 0 Å². The van der Waals surface area contributed by atoms with Gasteiger partial charge in [0.15, 0.2) is 5.11 Å². The zero-order valence-corrected chi connectivity index (χ0v) is 20.4. The van der Waals surface area contributed by atoms with Crippen LogP contribution in [0.2, 0.25) is 0 Å². The van der Waals surface area contributed by atoms with Gasteiger partial charge in [-0.05, 0) is 91.8 Å². The van der Waals surface area contributed by atoms with Gasteiger partial charge in [0.2, 0.25) is 0 Å². The quantitative estimate of drug-likeness (QED) is 0.355. The van der Waals surface area contributed by atoms with Gasteiger partial charge < -0.3 is 19.5 Å². The number of methoxy groups -OCH3 is 1. The van der Waals surface area contributed by atoms with Crippen molar-refractivity contribution in [3.05, 3.63) is 108 Å². The molecule has 34 heavy (non-hydrogen) atoms. The number of hydrogen-bond donors (Lipinski definition) is 1. The molecule has 0 aliphatic carbocycles. The van der Waals surface area contributed by atoms with E-state index in [1.54, 1.807) is 7.11 Å². The van der Waals surface area contributed by atoms with E-state index in [0.29, 0.717) is 5.11 Å². The number of anilines is 1. The first kappa shape index (κ1) is 22.2. The summed E-state index contributed by atoms with van der Waals surface area (Å²) in [4.78, 5) is 6.91. The van der Waals surface area contributed by atoms with Gasteiger partial charge in [-0.15, -0.1) is 0 Å². The first-order valence-electron chi connectivity index (χ1n) is 11.5. The van der Waals surface area contributed by atoms with Gasteiger partial charge >= 0.3 is 0 Å². The second kappa shape index (κ2) is 9.31. The fraction of sp³-hybridized carbons (Fsp3) is 0.214. The van der Waals surface area contributed by atoms with E-state index in [1.165, 1.54) is 5.56 Å². The lowest BCUT2D eigenvalue weighted by Gasteiger charge is -2.29. The monoisotopic (exact) mass is 468 g/mol. The predicted molar refractivity (Wildman–Crippen MR) is 141 cm³/mol. The third kappa shape index (κ3) is 3.94. The summed E-state index contributed by atoms with van der Waals surface area (Å²) in [6.45, 7) is 4.30. The molecule has 172 valence electrons. The van der Waals surface area contributed by atoms with Crippen LogP contribution < -0.4 is 15.0 Å². The molecular weight excluding hydrogens is 440 g/mol. The van der Waals surface area contributed by atoms with Gasteiger partial charge in [0.1, 0.15) is 11.8 Å². The van der Waals surface area contributed by atoms with E-state index in [1.807, 2.05) is 30.5 Å². The second-order valence-electron chi connectivity index (χ2n) is 8.45. The van der Waals surface area contributed by atoms with Gasteiger partial charge in [-0.3, -0.25) is 4.98 Å². The van der Waals surface area contributed by atoms with Gasteiger partial charge in [0.05, 0.1) is 18.8 Å². The Labute approximate surface area is 206 Å². The topological polar surface area (TPSA) is 42.3 Å². The van der Waals surface area contributed by atoms with Crippen LogP contribution >= 0.6 is 12.2 Å². The highest BCUT2D eigenvalue weighted by Crippen LogP contribution is 2.42. The van der Waals surface area contributed by atoms with Crippen molar-refractivity contribution in [2.75, 3.05) is 12.0 Å². The van der Waals surface area contributed by atoms with Crippen LogP contribution in [-0.2, 0) is 6.42 Å². The van der Waals surface area contributed by atoms with Gasteiger partial charge in [0, 0.05) is 29.0 Å². The molecule has 6 heteroatoms. The van der Waals surface area contributed by atoms with Crippen molar-refractivity contribution >= 4 is 23.0 Å². The molecule has 1 fully saturated rings. The normalized spacial score (nSPS) is 17.6. The van der Waals surface area contributed by atoms with Crippen LogP contribution in [0.15, 0.2) is 85.1 Å². The fourth-order valence-corrected chi connectivity index (χ4v) is 5.05. The van der Waals surface area contributed by atoms with E-state index in [-0.39, 0.29) is 12.1 Å². The van der Waals surface area contributed by atoms with Crippen molar-refractivity contribution in [3.63, 3.8) is 0 Å². The summed E-state index contributed by atoms with van der Waals surface area (Å²) in [6.07, 6.45) is 2.84. The Morgan fingerprint density at radius 2 is 1.68 bits per heavy atom. The fourth-order valence-electron chi connectivity index (χ4n) is 4.70. The zero-order valence-electron chi connectivity index (χ0n) is 19.6. The Morgan fingerprint density at radius 3 is 2.32 bits per heavy atom. The van der Waals surface area contributed by atoms with Crippen LogP contribution in [0.25, 0.3) is 5.69 Å². The SMILES string of the molecule is CCc1ccc(N2C(=S)NC(c3ccccn3)C2c2ccc(C)n2-c2ccc(OC)cc2)cc1. The lowest BCUT2D eigenvalue weighted by Crippen LogP contribution is -2.30. The Bertz CT molecular complexity index is 1280. The molecule has 0 bridgehead atoms. The number of thiocarbonyl (C=S) groups is 1. The lowest BCUT2D eigenvalue weighted by molar-refractivity contribution is 0.414. The maximum atomic E-state index is 5.90. The number of rotatable bonds is 6.